The van der Waals surface area contributed by atoms with Crippen LogP contribution in [0.2, 0.25) is 0 Å². The molecule has 1 saturated heterocycles. The number of nitrogens with zero attached hydrogens (tertiary/aromatic N) is 1. The quantitative estimate of drug-likeness (QED) is 0.443. The van der Waals surface area contributed by atoms with E-state index in [1.165, 1.54) is 0 Å². The molecular weight excluding hydrogens is 305 g/mol. The van der Waals surface area contributed by atoms with E-state index in [1.54, 1.807) is 0 Å². The number of likely N-dealkylation sites (N-methyl/N-ethyl adjacent to an activating group) is 1. The van der Waals surface area contributed by atoms with Crippen molar-refractivity contribution in [3.63, 3.8) is 0 Å². The van der Waals surface area contributed by atoms with Gasteiger partial charge in [0.15, 0.2) is 11.4 Å². The first-order valence-electron chi connectivity index (χ1n) is 5.32. The molecule has 3 nitrogen and oxygen atoms in total. The van der Waals surface area contributed by atoms with Crippen LogP contribution in [-0.2, 0) is 9.53 Å². The molecule has 0 aliphatic carbocycles. The Balaban J connectivity index is 0.00000196. The Kier molecular flexibility index (Phi) is 5.21. The number of hydrogen-bond donors (Lipinski definition) is 0. The third-order valence-electron chi connectivity index (χ3n) is 3.44. The van der Waals surface area contributed by atoms with Crippen molar-refractivity contribution >= 4 is 5.78 Å². The maximum atomic E-state index is 11.9. The molecular formula is C11H22INO2. The zero-order valence-corrected chi connectivity index (χ0v) is 12.5. The first-order valence-corrected chi connectivity index (χ1v) is 5.32. The van der Waals surface area contributed by atoms with E-state index in [1.807, 2.05) is 13.8 Å². The fourth-order valence-electron chi connectivity index (χ4n) is 2.20. The fraction of sp³-hybridized carbons (Fsp3) is 0.909. The molecule has 0 aromatic rings. The van der Waals surface area contributed by atoms with Crippen molar-refractivity contribution < 1.29 is 38.0 Å². The van der Waals surface area contributed by atoms with Crippen LogP contribution in [0.5, 0.6) is 0 Å². The standard InChI is InChI=1S/C11H22NO2.HI/c1-6-14-11(3)8-12(4,5)9(2)7-10(11)13;/h9H,6-8H2,1-5H3;1H/q+1;/p-1. The van der Waals surface area contributed by atoms with Crippen molar-refractivity contribution in [3.05, 3.63) is 0 Å². The summed E-state index contributed by atoms with van der Waals surface area (Å²) in [6, 6.07) is 0.399. The SMILES string of the molecule is CCOC1(C)C[N+](C)(C)C(C)CC1=O.[I-]. The third kappa shape index (κ3) is 3.14. The summed E-state index contributed by atoms with van der Waals surface area (Å²) < 4.78 is 6.46. The van der Waals surface area contributed by atoms with Gasteiger partial charge in [-0.25, -0.2) is 0 Å². The molecule has 0 saturated carbocycles. The molecule has 1 aliphatic rings. The smallest absolute Gasteiger partial charge is 0.176 e. The van der Waals surface area contributed by atoms with Gasteiger partial charge < -0.3 is 33.2 Å². The highest BCUT2D eigenvalue weighted by molar-refractivity contribution is 5.88. The van der Waals surface area contributed by atoms with Crippen LogP contribution < -0.4 is 24.0 Å². The Morgan fingerprint density at radius 1 is 1.53 bits per heavy atom. The highest BCUT2D eigenvalue weighted by Gasteiger charge is 2.48. The van der Waals surface area contributed by atoms with Crippen LogP contribution in [0.1, 0.15) is 27.2 Å². The number of hydrogen-bond acceptors (Lipinski definition) is 2. The van der Waals surface area contributed by atoms with Crippen LogP contribution in [0.4, 0.5) is 0 Å². The first kappa shape index (κ1) is 15.3. The van der Waals surface area contributed by atoms with E-state index in [2.05, 4.69) is 21.0 Å². The van der Waals surface area contributed by atoms with E-state index in [0.29, 0.717) is 19.1 Å². The van der Waals surface area contributed by atoms with Gasteiger partial charge in [-0.05, 0) is 20.8 Å². The molecule has 0 aromatic heterocycles. The molecule has 4 heteroatoms. The summed E-state index contributed by atoms with van der Waals surface area (Å²) in [5.41, 5.74) is -0.565. The zero-order chi connectivity index (χ0) is 11.0. The first-order chi connectivity index (χ1) is 6.32. The Morgan fingerprint density at radius 3 is 2.53 bits per heavy atom. The van der Waals surface area contributed by atoms with Crippen LogP contribution in [-0.4, -0.2) is 49.2 Å². The summed E-state index contributed by atoms with van der Waals surface area (Å²) in [4.78, 5) is 11.9. The molecule has 1 aliphatic heterocycles. The summed E-state index contributed by atoms with van der Waals surface area (Å²) in [5.74, 6) is 0.254. The average Bonchev–Trinajstić information content (AvgIpc) is 2.01. The van der Waals surface area contributed by atoms with Crippen LogP contribution in [0, 0.1) is 0 Å². The van der Waals surface area contributed by atoms with Gasteiger partial charge in [-0.1, -0.05) is 0 Å². The molecule has 1 fully saturated rings. The number of likely N-dealkylation sites (tertiary alicyclic amines) is 1. The highest BCUT2D eigenvalue weighted by atomic mass is 127. The lowest BCUT2D eigenvalue weighted by atomic mass is 9.87. The number of carbonyl (C=O) groups excluding carboxylic acids is 1. The summed E-state index contributed by atoms with van der Waals surface area (Å²) in [7, 11) is 4.32. The second kappa shape index (κ2) is 5.10. The van der Waals surface area contributed by atoms with E-state index < -0.39 is 5.60 Å². The van der Waals surface area contributed by atoms with Gasteiger partial charge in [0.05, 0.1) is 26.6 Å². The van der Waals surface area contributed by atoms with Crippen LogP contribution in [0.25, 0.3) is 0 Å². The van der Waals surface area contributed by atoms with E-state index >= 15 is 0 Å². The third-order valence-corrected chi connectivity index (χ3v) is 3.44. The molecule has 0 N–H and O–H groups in total. The molecule has 2 unspecified atom stereocenters. The van der Waals surface area contributed by atoms with Crippen molar-refractivity contribution in [3.8, 4) is 0 Å². The maximum absolute atomic E-state index is 11.9. The van der Waals surface area contributed by atoms with E-state index in [0.717, 1.165) is 11.0 Å². The number of halogens is 1. The normalized spacial score (nSPS) is 34.7. The maximum Gasteiger partial charge on any atom is 0.176 e. The highest BCUT2D eigenvalue weighted by Crippen LogP contribution is 2.28. The Bertz CT molecular complexity index is 243. The molecule has 1 rings (SSSR count). The zero-order valence-electron chi connectivity index (χ0n) is 10.3. The van der Waals surface area contributed by atoms with E-state index in [4.69, 9.17) is 4.74 Å². The minimum Gasteiger partial charge on any atom is -1.00 e. The minimum atomic E-state index is -0.565. The lowest BCUT2D eigenvalue weighted by molar-refractivity contribution is -0.920. The van der Waals surface area contributed by atoms with Crippen LogP contribution in [0.3, 0.4) is 0 Å². The minimum absolute atomic E-state index is 0. The van der Waals surface area contributed by atoms with Crippen LogP contribution in [0.15, 0.2) is 0 Å². The van der Waals surface area contributed by atoms with E-state index in [-0.39, 0.29) is 29.8 Å². The molecule has 0 radical (unpaired) electrons. The van der Waals surface area contributed by atoms with Gasteiger partial charge >= 0.3 is 0 Å². The Morgan fingerprint density at radius 2 is 2.07 bits per heavy atom. The average molecular weight is 327 g/mol. The van der Waals surface area contributed by atoms with Crippen molar-refractivity contribution in [2.75, 3.05) is 27.2 Å². The predicted octanol–water partition coefficient (Wildman–Crippen LogP) is -1.78. The van der Waals surface area contributed by atoms with Gasteiger partial charge in [-0.3, -0.25) is 4.79 Å². The van der Waals surface area contributed by atoms with E-state index in [9.17, 15) is 4.79 Å². The lowest BCUT2D eigenvalue weighted by Crippen LogP contribution is -3.00. The van der Waals surface area contributed by atoms with Crippen molar-refractivity contribution in [1.82, 2.24) is 0 Å². The topological polar surface area (TPSA) is 26.3 Å². The monoisotopic (exact) mass is 327 g/mol. The Labute approximate surface area is 110 Å². The number of ether oxygens (including phenoxy) is 1. The van der Waals surface area contributed by atoms with Crippen molar-refractivity contribution in [2.24, 2.45) is 0 Å². The molecule has 0 amide bonds. The van der Waals surface area contributed by atoms with Crippen molar-refractivity contribution in [2.45, 2.75) is 38.8 Å². The van der Waals surface area contributed by atoms with Gasteiger partial charge in [0.1, 0.15) is 6.54 Å². The summed E-state index contributed by atoms with van der Waals surface area (Å²) in [5, 5.41) is 0. The van der Waals surface area contributed by atoms with Crippen LogP contribution >= 0.6 is 0 Å². The van der Waals surface area contributed by atoms with Gasteiger partial charge in [-0.2, -0.15) is 0 Å². The van der Waals surface area contributed by atoms with Gasteiger partial charge in [-0.15, -0.1) is 0 Å². The summed E-state index contributed by atoms with van der Waals surface area (Å²) in [6.07, 6.45) is 0.628. The number of Topliss-reactive ketones (excluding diaryl/α,β-unsaturated/α-hetero) is 1. The predicted molar refractivity (Wildman–Crippen MR) is 56.1 cm³/mol. The Hall–Kier alpha value is 0.320. The lowest BCUT2D eigenvalue weighted by Gasteiger charge is -2.46. The number of quaternary nitrogens is 1. The van der Waals surface area contributed by atoms with Gasteiger partial charge in [0.25, 0.3) is 0 Å². The fourth-order valence-corrected chi connectivity index (χ4v) is 2.20. The van der Waals surface area contributed by atoms with Gasteiger partial charge in [0, 0.05) is 6.61 Å². The number of rotatable bonds is 2. The molecule has 0 bridgehead atoms. The number of piperidine rings is 1. The molecule has 0 spiro atoms. The molecule has 90 valence electrons. The summed E-state index contributed by atoms with van der Waals surface area (Å²) in [6.45, 7) is 7.38. The largest absolute Gasteiger partial charge is 1.00 e. The summed E-state index contributed by atoms with van der Waals surface area (Å²) >= 11 is 0. The molecule has 15 heavy (non-hydrogen) atoms. The van der Waals surface area contributed by atoms with Gasteiger partial charge in [0.2, 0.25) is 0 Å². The molecule has 0 aromatic carbocycles. The second-order valence-corrected chi connectivity index (χ2v) is 5.08. The second-order valence-electron chi connectivity index (χ2n) is 5.08. The number of carbonyl (C=O) groups is 1. The molecule has 2 atom stereocenters. The van der Waals surface area contributed by atoms with Crippen molar-refractivity contribution in [1.29, 1.82) is 0 Å². The molecule has 1 heterocycles. The number of ketones is 1.